The minimum atomic E-state index is -0.612. The lowest BCUT2D eigenvalue weighted by atomic mass is 10.0. The second-order valence-corrected chi connectivity index (χ2v) is 5.98. The van der Waals surface area contributed by atoms with E-state index in [2.05, 4.69) is 0 Å². The standard InChI is InChI=1S/C19H20FNO4/c1-24-17-8-5-13(9-18(17)25-2)19(23)21-11-15(22)10-16(21)12-3-6-14(20)7-4-12/h3-9,15-16,22H,10-11H2,1-2H3/t15-,16-/m0/s1. The van der Waals surface area contributed by atoms with E-state index >= 15 is 0 Å². The minimum Gasteiger partial charge on any atom is -0.493 e. The van der Waals surface area contributed by atoms with Gasteiger partial charge in [-0.2, -0.15) is 0 Å². The van der Waals surface area contributed by atoms with E-state index < -0.39 is 6.10 Å². The van der Waals surface area contributed by atoms with E-state index in [9.17, 15) is 14.3 Å². The molecule has 25 heavy (non-hydrogen) atoms. The number of ether oxygens (including phenoxy) is 2. The van der Waals surface area contributed by atoms with Gasteiger partial charge in [-0.05, 0) is 42.3 Å². The van der Waals surface area contributed by atoms with Crippen LogP contribution in [0, 0.1) is 5.82 Å². The topological polar surface area (TPSA) is 59.0 Å². The molecule has 0 radical (unpaired) electrons. The zero-order valence-electron chi connectivity index (χ0n) is 14.1. The van der Waals surface area contributed by atoms with Crippen molar-refractivity contribution in [1.82, 2.24) is 4.90 Å². The highest BCUT2D eigenvalue weighted by molar-refractivity contribution is 5.95. The Kier molecular flexibility index (Phi) is 4.90. The first-order valence-corrected chi connectivity index (χ1v) is 8.00. The lowest BCUT2D eigenvalue weighted by Gasteiger charge is -2.25. The molecule has 0 aliphatic carbocycles. The third-order valence-electron chi connectivity index (χ3n) is 4.43. The maximum atomic E-state index is 13.2. The molecule has 1 aliphatic rings. The van der Waals surface area contributed by atoms with E-state index in [1.165, 1.54) is 26.4 Å². The maximum absolute atomic E-state index is 13.2. The Morgan fingerprint density at radius 2 is 1.80 bits per heavy atom. The number of halogens is 1. The number of hydrogen-bond acceptors (Lipinski definition) is 4. The van der Waals surface area contributed by atoms with E-state index in [-0.39, 0.29) is 24.3 Å². The summed E-state index contributed by atoms with van der Waals surface area (Å²) in [7, 11) is 3.04. The van der Waals surface area contributed by atoms with Crippen molar-refractivity contribution in [1.29, 1.82) is 0 Å². The summed E-state index contributed by atoms with van der Waals surface area (Å²) in [6.07, 6.45) is -0.191. The number of likely N-dealkylation sites (tertiary alicyclic amines) is 1. The Morgan fingerprint density at radius 3 is 2.44 bits per heavy atom. The van der Waals surface area contributed by atoms with E-state index in [1.807, 2.05) is 0 Å². The van der Waals surface area contributed by atoms with Crippen molar-refractivity contribution < 1.29 is 23.8 Å². The van der Waals surface area contributed by atoms with E-state index in [0.717, 1.165) is 5.56 Å². The Morgan fingerprint density at radius 1 is 1.12 bits per heavy atom. The van der Waals surface area contributed by atoms with Crippen molar-refractivity contribution >= 4 is 5.91 Å². The third kappa shape index (κ3) is 3.44. The van der Waals surface area contributed by atoms with Crippen LogP contribution >= 0.6 is 0 Å². The van der Waals surface area contributed by atoms with Gasteiger partial charge in [0, 0.05) is 12.1 Å². The van der Waals surface area contributed by atoms with Gasteiger partial charge in [-0.25, -0.2) is 4.39 Å². The van der Waals surface area contributed by atoms with Crippen molar-refractivity contribution in [2.24, 2.45) is 0 Å². The van der Waals surface area contributed by atoms with Crippen LogP contribution in [0.2, 0.25) is 0 Å². The fourth-order valence-corrected chi connectivity index (χ4v) is 3.17. The van der Waals surface area contributed by atoms with Crippen LogP contribution in [-0.2, 0) is 0 Å². The molecule has 1 fully saturated rings. The van der Waals surface area contributed by atoms with Crippen LogP contribution in [0.1, 0.15) is 28.4 Å². The minimum absolute atomic E-state index is 0.216. The van der Waals surface area contributed by atoms with Gasteiger partial charge in [-0.3, -0.25) is 4.79 Å². The monoisotopic (exact) mass is 345 g/mol. The van der Waals surface area contributed by atoms with Gasteiger partial charge in [0.2, 0.25) is 0 Å². The fourth-order valence-electron chi connectivity index (χ4n) is 3.17. The van der Waals surface area contributed by atoms with Gasteiger partial charge in [0.1, 0.15) is 5.82 Å². The van der Waals surface area contributed by atoms with Gasteiger partial charge < -0.3 is 19.5 Å². The number of amides is 1. The lowest BCUT2D eigenvalue weighted by molar-refractivity contribution is 0.0715. The molecule has 2 aromatic rings. The molecule has 0 bridgehead atoms. The van der Waals surface area contributed by atoms with Crippen LogP contribution in [0.4, 0.5) is 4.39 Å². The molecule has 1 saturated heterocycles. The van der Waals surface area contributed by atoms with Crippen molar-refractivity contribution in [3.05, 3.63) is 59.4 Å². The van der Waals surface area contributed by atoms with Gasteiger partial charge in [0.15, 0.2) is 11.5 Å². The summed E-state index contributed by atoms with van der Waals surface area (Å²) in [6, 6.07) is 10.7. The van der Waals surface area contributed by atoms with E-state index in [4.69, 9.17) is 9.47 Å². The zero-order valence-corrected chi connectivity index (χ0v) is 14.1. The molecule has 132 valence electrons. The van der Waals surface area contributed by atoms with Crippen molar-refractivity contribution in [2.75, 3.05) is 20.8 Å². The Bertz CT molecular complexity index is 763. The summed E-state index contributed by atoms with van der Waals surface area (Å²) in [4.78, 5) is 14.6. The smallest absolute Gasteiger partial charge is 0.254 e. The number of nitrogens with zero attached hydrogens (tertiary/aromatic N) is 1. The number of hydrogen-bond donors (Lipinski definition) is 1. The SMILES string of the molecule is COc1ccc(C(=O)N2C[C@@H](O)C[C@H]2c2ccc(F)cc2)cc1OC. The maximum Gasteiger partial charge on any atom is 0.254 e. The highest BCUT2D eigenvalue weighted by Gasteiger charge is 2.36. The molecule has 1 amide bonds. The van der Waals surface area contributed by atoms with E-state index in [1.54, 1.807) is 35.2 Å². The number of carbonyl (C=O) groups excluding carboxylic acids is 1. The molecule has 0 aromatic heterocycles. The van der Waals surface area contributed by atoms with Crippen LogP contribution in [0.3, 0.4) is 0 Å². The lowest BCUT2D eigenvalue weighted by Crippen LogP contribution is -2.31. The number of aliphatic hydroxyl groups is 1. The Hall–Kier alpha value is -2.60. The quantitative estimate of drug-likeness (QED) is 0.926. The van der Waals surface area contributed by atoms with Gasteiger partial charge in [0.25, 0.3) is 5.91 Å². The molecule has 6 heteroatoms. The summed E-state index contributed by atoms with van der Waals surface area (Å²) in [5, 5.41) is 10.1. The third-order valence-corrected chi connectivity index (χ3v) is 4.43. The average molecular weight is 345 g/mol. The van der Waals surface area contributed by atoms with Crippen LogP contribution in [0.25, 0.3) is 0 Å². The normalized spacial score (nSPS) is 19.8. The molecule has 0 saturated carbocycles. The van der Waals surface area contributed by atoms with Crippen LogP contribution < -0.4 is 9.47 Å². The van der Waals surface area contributed by atoms with E-state index in [0.29, 0.717) is 23.5 Å². The molecule has 2 aromatic carbocycles. The second-order valence-electron chi connectivity index (χ2n) is 5.98. The van der Waals surface area contributed by atoms with Crippen molar-refractivity contribution in [3.8, 4) is 11.5 Å². The number of benzene rings is 2. The first-order valence-electron chi connectivity index (χ1n) is 8.00. The van der Waals surface area contributed by atoms with Crippen LogP contribution in [0.15, 0.2) is 42.5 Å². The summed E-state index contributed by atoms with van der Waals surface area (Å²) in [6.45, 7) is 0.231. The fraction of sp³-hybridized carbons (Fsp3) is 0.316. The second kappa shape index (κ2) is 7.11. The summed E-state index contributed by atoms with van der Waals surface area (Å²) < 4.78 is 23.6. The summed E-state index contributed by atoms with van der Waals surface area (Å²) in [5.41, 5.74) is 1.24. The predicted molar refractivity (Wildman–Crippen MR) is 90.3 cm³/mol. The van der Waals surface area contributed by atoms with Crippen molar-refractivity contribution in [3.63, 3.8) is 0 Å². The average Bonchev–Trinajstić information content (AvgIpc) is 3.02. The molecule has 0 unspecified atom stereocenters. The summed E-state index contributed by atoms with van der Waals surface area (Å²) >= 11 is 0. The molecule has 1 N–H and O–H groups in total. The number of carbonyl (C=O) groups is 1. The molecule has 1 aliphatic heterocycles. The molecule has 2 atom stereocenters. The van der Waals surface area contributed by atoms with Gasteiger partial charge in [-0.15, -0.1) is 0 Å². The largest absolute Gasteiger partial charge is 0.493 e. The highest BCUT2D eigenvalue weighted by atomic mass is 19.1. The Balaban J connectivity index is 1.90. The molecular weight excluding hydrogens is 325 g/mol. The number of aliphatic hydroxyl groups excluding tert-OH is 1. The molecular formula is C19H20FNO4. The first kappa shape index (κ1) is 17.2. The summed E-state index contributed by atoms with van der Waals surface area (Å²) in [5.74, 6) is 0.453. The number of rotatable bonds is 4. The number of methoxy groups -OCH3 is 2. The molecule has 3 rings (SSSR count). The predicted octanol–water partition coefficient (Wildman–Crippen LogP) is 2.79. The van der Waals surface area contributed by atoms with Crippen molar-refractivity contribution in [2.45, 2.75) is 18.6 Å². The molecule has 0 spiro atoms. The number of β-amino-alcohol motifs (C(OH)–C–C–N with tert-alkyl or cyclic N) is 1. The van der Waals surface area contributed by atoms with Crippen LogP contribution in [0.5, 0.6) is 11.5 Å². The van der Waals surface area contributed by atoms with Gasteiger partial charge >= 0.3 is 0 Å². The molecule has 5 nitrogen and oxygen atoms in total. The van der Waals surface area contributed by atoms with Gasteiger partial charge in [-0.1, -0.05) is 12.1 Å². The Labute approximate surface area is 145 Å². The zero-order chi connectivity index (χ0) is 18.0. The van der Waals surface area contributed by atoms with Gasteiger partial charge in [0.05, 0.1) is 26.4 Å². The highest BCUT2D eigenvalue weighted by Crippen LogP contribution is 2.35. The van der Waals surface area contributed by atoms with Crippen LogP contribution in [-0.4, -0.2) is 42.8 Å². The first-order chi connectivity index (χ1) is 12.0. The molecule has 1 heterocycles.